The lowest BCUT2D eigenvalue weighted by Gasteiger charge is -2.40. The predicted molar refractivity (Wildman–Crippen MR) is 68.0 cm³/mol. The van der Waals surface area contributed by atoms with Crippen LogP contribution in [0.5, 0.6) is 0 Å². The first kappa shape index (κ1) is 11.4. The van der Waals surface area contributed by atoms with E-state index in [-0.39, 0.29) is 12.0 Å². The molecule has 1 N–H and O–H groups in total. The van der Waals surface area contributed by atoms with Gasteiger partial charge in [-0.3, -0.25) is 0 Å². The predicted octanol–water partition coefficient (Wildman–Crippen LogP) is 3.25. The molecule has 0 bridgehead atoms. The standard InChI is InChI=1S/C15H20O/c1-2-15(11-12-16,13-7-3-4-8-13)14-9-5-6-10-14/h3-10,13-14,16H,2,11-12H2,1H3. The molecule has 0 aliphatic heterocycles. The number of allylic oxidation sites excluding steroid dienone is 8. The van der Waals surface area contributed by atoms with Gasteiger partial charge in [0.25, 0.3) is 0 Å². The lowest BCUT2D eigenvalue weighted by Crippen LogP contribution is -2.34. The molecule has 0 aromatic heterocycles. The maximum atomic E-state index is 9.36. The summed E-state index contributed by atoms with van der Waals surface area (Å²) in [5.41, 5.74) is 0.155. The van der Waals surface area contributed by atoms with Gasteiger partial charge in [-0.05, 0) is 18.3 Å². The summed E-state index contributed by atoms with van der Waals surface area (Å²) in [6.45, 7) is 2.50. The van der Waals surface area contributed by atoms with Gasteiger partial charge in [-0.2, -0.15) is 0 Å². The number of hydrogen-bond donors (Lipinski definition) is 1. The van der Waals surface area contributed by atoms with E-state index in [2.05, 4.69) is 55.5 Å². The van der Waals surface area contributed by atoms with Gasteiger partial charge in [0.15, 0.2) is 0 Å². The van der Waals surface area contributed by atoms with E-state index in [1.54, 1.807) is 0 Å². The van der Waals surface area contributed by atoms with E-state index < -0.39 is 0 Å². The highest BCUT2D eigenvalue weighted by Gasteiger charge is 2.40. The zero-order valence-corrected chi connectivity index (χ0v) is 9.84. The van der Waals surface area contributed by atoms with Crippen molar-refractivity contribution < 1.29 is 5.11 Å². The third kappa shape index (κ3) is 1.80. The molecule has 2 rings (SSSR count). The smallest absolute Gasteiger partial charge is 0.0436 e. The second-order valence-corrected chi connectivity index (χ2v) is 4.65. The van der Waals surface area contributed by atoms with Crippen LogP contribution in [0.1, 0.15) is 19.8 Å². The van der Waals surface area contributed by atoms with Gasteiger partial charge in [-0.15, -0.1) is 0 Å². The molecule has 0 aromatic rings. The summed E-state index contributed by atoms with van der Waals surface area (Å²) in [4.78, 5) is 0. The van der Waals surface area contributed by atoms with Crippen molar-refractivity contribution in [3.8, 4) is 0 Å². The third-order valence-corrected chi connectivity index (χ3v) is 4.06. The van der Waals surface area contributed by atoms with Crippen LogP contribution in [-0.4, -0.2) is 11.7 Å². The van der Waals surface area contributed by atoms with Gasteiger partial charge in [0.1, 0.15) is 0 Å². The van der Waals surface area contributed by atoms with E-state index in [9.17, 15) is 5.11 Å². The Balaban J connectivity index is 2.29. The van der Waals surface area contributed by atoms with Crippen molar-refractivity contribution in [2.75, 3.05) is 6.61 Å². The fourth-order valence-electron chi connectivity index (χ4n) is 3.04. The Morgan fingerprint density at radius 2 is 1.38 bits per heavy atom. The van der Waals surface area contributed by atoms with Crippen LogP contribution in [-0.2, 0) is 0 Å². The van der Waals surface area contributed by atoms with Crippen LogP contribution in [0.15, 0.2) is 48.6 Å². The zero-order valence-electron chi connectivity index (χ0n) is 9.84. The SMILES string of the molecule is CCC(CCO)(C1C=CC=C1)C1C=CC=C1. The van der Waals surface area contributed by atoms with E-state index in [0.717, 1.165) is 12.8 Å². The summed E-state index contributed by atoms with van der Waals surface area (Å²) < 4.78 is 0. The average molecular weight is 216 g/mol. The summed E-state index contributed by atoms with van der Waals surface area (Å²) in [7, 11) is 0. The van der Waals surface area contributed by atoms with Crippen molar-refractivity contribution in [3.63, 3.8) is 0 Å². The molecule has 1 nitrogen and oxygen atoms in total. The molecule has 0 saturated heterocycles. The fraction of sp³-hybridized carbons (Fsp3) is 0.467. The average Bonchev–Trinajstić information content (AvgIpc) is 2.98. The van der Waals surface area contributed by atoms with Gasteiger partial charge in [-0.1, -0.05) is 55.5 Å². The molecule has 0 fully saturated rings. The zero-order chi connectivity index (χ0) is 11.4. The first-order valence-electron chi connectivity index (χ1n) is 6.14. The number of aliphatic hydroxyl groups is 1. The molecule has 0 saturated carbocycles. The molecule has 16 heavy (non-hydrogen) atoms. The largest absolute Gasteiger partial charge is 0.396 e. The fourth-order valence-corrected chi connectivity index (χ4v) is 3.04. The van der Waals surface area contributed by atoms with Gasteiger partial charge in [0.2, 0.25) is 0 Å². The highest BCUT2D eigenvalue weighted by Crippen LogP contribution is 2.47. The summed E-state index contributed by atoms with van der Waals surface area (Å²) in [5.74, 6) is 0.920. The van der Waals surface area contributed by atoms with Gasteiger partial charge in [-0.25, -0.2) is 0 Å². The first-order valence-corrected chi connectivity index (χ1v) is 6.14. The monoisotopic (exact) mass is 216 g/mol. The Hall–Kier alpha value is -1.08. The van der Waals surface area contributed by atoms with Crippen LogP contribution < -0.4 is 0 Å². The van der Waals surface area contributed by atoms with Crippen LogP contribution in [0.3, 0.4) is 0 Å². The Morgan fingerprint density at radius 1 is 0.938 bits per heavy atom. The lowest BCUT2D eigenvalue weighted by atomic mass is 9.63. The van der Waals surface area contributed by atoms with Crippen LogP contribution in [0, 0.1) is 17.3 Å². The van der Waals surface area contributed by atoms with Crippen molar-refractivity contribution >= 4 is 0 Å². The van der Waals surface area contributed by atoms with Gasteiger partial charge in [0.05, 0.1) is 0 Å². The summed E-state index contributed by atoms with van der Waals surface area (Å²) >= 11 is 0. The number of aliphatic hydroxyl groups excluding tert-OH is 1. The third-order valence-electron chi connectivity index (χ3n) is 4.06. The van der Waals surface area contributed by atoms with E-state index in [1.165, 1.54) is 0 Å². The minimum absolute atomic E-state index is 0.155. The van der Waals surface area contributed by atoms with Crippen LogP contribution >= 0.6 is 0 Å². The van der Waals surface area contributed by atoms with Crippen molar-refractivity contribution in [2.24, 2.45) is 17.3 Å². The lowest BCUT2D eigenvalue weighted by molar-refractivity contribution is 0.118. The second kappa shape index (κ2) is 4.84. The molecule has 0 atom stereocenters. The molecule has 0 aromatic carbocycles. The molecule has 2 aliphatic carbocycles. The molecule has 0 spiro atoms. The molecule has 0 heterocycles. The summed E-state index contributed by atoms with van der Waals surface area (Å²) in [6.07, 6.45) is 19.5. The first-order chi connectivity index (χ1) is 7.83. The summed E-state index contributed by atoms with van der Waals surface area (Å²) in [5, 5.41) is 9.36. The second-order valence-electron chi connectivity index (χ2n) is 4.65. The van der Waals surface area contributed by atoms with E-state index in [1.807, 2.05) is 0 Å². The summed E-state index contributed by atoms with van der Waals surface area (Å²) in [6, 6.07) is 0. The molecule has 0 radical (unpaired) electrons. The van der Waals surface area contributed by atoms with Crippen molar-refractivity contribution in [2.45, 2.75) is 19.8 Å². The van der Waals surface area contributed by atoms with E-state index >= 15 is 0 Å². The van der Waals surface area contributed by atoms with Crippen LogP contribution in [0.4, 0.5) is 0 Å². The quantitative estimate of drug-likeness (QED) is 0.748. The Labute approximate surface area is 97.9 Å². The molecule has 86 valence electrons. The van der Waals surface area contributed by atoms with Gasteiger partial charge < -0.3 is 5.11 Å². The molecular formula is C15H20O. The minimum Gasteiger partial charge on any atom is -0.396 e. The molecule has 0 unspecified atom stereocenters. The van der Waals surface area contributed by atoms with E-state index in [4.69, 9.17) is 0 Å². The minimum atomic E-state index is 0.155. The number of hydrogen-bond acceptors (Lipinski definition) is 1. The van der Waals surface area contributed by atoms with E-state index in [0.29, 0.717) is 11.8 Å². The highest BCUT2D eigenvalue weighted by atomic mass is 16.3. The maximum absolute atomic E-state index is 9.36. The van der Waals surface area contributed by atoms with Gasteiger partial charge in [0, 0.05) is 18.4 Å². The molecular weight excluding hydrogens is 196 g/mol. The molecule has 1 heteroatoms. The normalized spacial score (nSPS) is 20.4. The van der Waals surface area contributed by atoms with Crippen molar-refractivity contribution in [3.05, 3.63) is 48.6 Å². The topological polar surface area (TPSA) is 20.2 Å². The molecule has 2 aliphatic rings. The number of rotatable bonds is 5. The van der Waals surface area contributed by atoms with Crippen molar-refractivity contribution in [1.29, 1.82) is 0 Å². The van der Waals surface area contributed by atoms with Crippen molar-refractivity contribution in [1.82, 2.24) is 0 Å². The molecule has 0 amide bonds. The maximum Gasteiger partial charge on any atom is 0.0436 e. The van der Waals surface area contributed by atoms with Crippen LogP contribution in [0.2, 0.25) is 0 Å². The Kier molecular flexibility index (Phi) is 3.45. The Morgan fingerprint density at radius 3 is 1.69 bits per heavy atom. The Bertz CT molecular complexity index is 294. The van der Waals surface area contributed by atoms with Gasteiger partial charge >= 0.3 is 0 Å². The highest BCUT2D eigenvalue weighted by molar-refractivity contribution is 5.28. The van der Waals surface area contributed by atoms with Crippen LogP contribution in [0.25, 0.3) is 0 Å².